The van der Waals surface area contributed by atoms with Crippen LogP contribution in [0.3, 0.4) is 0 Å². The van der Waals surface area contributed by atoms with Crippen LogP contribution >= 0.6 is 0 Å². The molecule has 0 fully saturated rings. The standard InChI is InChI=1S/C13H18N2O4S2/c1-15(21(18,19)11-20(2,16)17)10-13-7-4-3-6-12(13)8-5-9-14/h3-4,6-7H,9-11,14H2,1-2H3. The minimum absolute atomic E-state index is 0.0489. The fourth-order valence-corrected chi connectivity index (χ4v) is 4.84. The third-order valence-corrected chi connectivity index (χ3v) is 6.56. The lowest BCUT2D eigenvalue weighted by molar-refractivity contribution is 0.469. The summed E-state index contributed by atoms with van der Waals surface area (Å²) < 4.78 is 47.3. The van der Waals surface area contributed by atoms with Gasteiger partial charge < -0.3 is 5.73 Å². The van der Waals surface area contributed by atoms with Crippen LogP contribution in [0.2, 0.25) is 0 Å². The molecule has 0 aliphatic rings. The van der Waals surface area contributed by atoms with Crippen LogP contribution in [0.25, 0.3) is 0 Å². The summed E-state index contributed by atoms with van der Waals surface area (Å²) in [6.07, 6.45) is 0.888. The molecule has 0 heterocycles. The molecule has 116 valence electrons. The zero-order chi connectivity index (χ0) is 16.1. The van der Waals surface area contributed by atoms with Gasteiger partial charge in [0, 0.05) is 25.4 Å². The Hall–Kier alpha value is -1.40. The van der Waals surface area contributed by atoms with E-state index in [2.05, 4.69) is 11.8 Å². The summed E-state index contributed by atoms with van der Waals surface area (Å²) in [5.41, 5.74) is 6.68. The van der Waals surface area contributed by atoms with Crippen molar-refractivity contribution in [2.45, 2.75) is 6.54 Å². The van der Waals surface area contributed by atoms with Crippen LogP contribution in [-0.4, -0.2) is 46.1 Å². The summed E-state index contributed by atoms with van der Waals surface area (Å²) in [6, 6.07) is 7.05. The zero-order valence-electron chi connectivity index (χ0n) is 11.9. The maximum atomic E-state index is 12.0. The van der Waals surface area contributed by atoms with Crippen LogP contribution in [0.1, 0.15) is 11.1 Å². The normalized spacial score (nSPS) is 12.0. The van der Waals surface area contributed by atoms with Crippen molar-refractivity contribution >= 4 is 19.9 Å². The first-order valence-corrected chi connectivity index (χ1v) is 9.71. The first kappa shape index (κ1) is 17.7. The largest absolute Gasteiger partial charge is 0.320 e. The number of hydrogen-bond acceptors (Lipinski definition) is 5. The highest BCUT2D eigenvalue weighted by molar-refractivity contribution is 8.06. The predicted octanol–water partition coefficient (Wildman–Crippen LogP) is -0.239. The molecular weight excluding hydrogens is 312 g/mol. The number of benzene rings is 1. The highest BCUT2D eigenvalue weighted by atomic mass is 32.3. The van der Waals surface area contributed by atoms with Crippen molar-refractivity contribution in [1.82, 2.24) is 4.31 Å². The van der Waals surface area contributed by atoms with Gasteiger partial charge in [0.25, 0.3) is 0 Å². The molecule has 2 N–H and O–H groups in total. The van der Waals surface area contributed by atoms with Crippen LogP contribution in [0.15, 0.2) is 24.3 Å². The molecule has 21 heavy (non-hydrogen) atoms. The van der Waals surface area contributed by atoms with Gasteiger partial charge >= 0.3 is 0 Å². The molecule has 1 rings (SSSR count). The van der Waals surface area contributed by atoms with Gasteiger partial charge in [-0.2, -0.15) is 4.31 Å². The van der Waals surface area contributed by atoms with Gasteiger partial charge in [0.1, 0.15) is 0 Å². The molecule has 0 saturated heterocycles. The van der Waals surface area contributed by atoms with E-state index < -0.39 is 24.9 Å². The SMILES string of the molecule is CN(Cc1ccccc1C#CCN)S(=O)(=O)CS(C)(=O)=O. The molecule has 0 aliphatic carbocycles. The van der Waals surface area contributed by atoms with Crippen molar-refractivity contribution in [2.24, 2.45) is 5.73 Å². The summed E-state index contributed by atoms with van der Waals surface area (Å²) in [5.74, 6) is 5.57. The highest BCUT2D eigenvalue weighted by Gasteiger charge is 2.23. The van der Waals surface area contributed by atoms with E-state index in [1.54, 1.807) is 24.3 Å². The molecule has 0 bridgehead atoms. The first-order chi connectivity index (χ1) is 9.65. The lowest BCUT2D eigenvalue weighted by Crippen LogP contribution is -2.31. The van der Waals surface area contributed by atoms with E-state index in [4.69, 9.17) is 5.73 Å². The maximum absolute atomic E-state index is 12.0. The van der Waals surface area contributed by atoms with Crippen LogP contribution in [0.4, 0.5) is 0 Å². The van der Waals surface area contributed by atoms with Gasteiger partial charge in [0.15, 0.2) is 14.9 Å². The van der Waals surface area contributed by atoms with Crippen molar-refractivity contribution in [1.29, 1.82) is 0 Å². The van der Waals surface area contributed by atoms with Crippen molar-refractivity contribution in [3.63, 3.8) is 0 Å². The molecule has 0 aromatic heterocycles. The molecule has 0 saturated carbocycles. The molecule has 0 amide bonds. The highest BCUT2D eigenvalue weighted by Crippen LogP contribution is 2.13. The van der Waals surface area contributed by atoms with Gasteiger partial charge in [0.05, 0.1) is 6.54 Å². The molecule has 0 aliphatic heterocycles. The molecule has 8 heteroatoms. The molecule has 0 spiro atoms. The second kappa shape index (κ2) is 7.04. The number of sulfone groups is 1. The molecule has 0 radical (unpaired) electrons. The predicted molar refractivity (Wildman–Crippen MR) is 82.5 cm³/mol. The first-order valence-electron chi connectivity index (χ1n) is 6.04. The monoisotopic (exact) mass is 330 g/mol. The average Bonchev–Trinajstić information content (AvgIpc) is 2.35. The minimum Gasteiger partial charge on any atom is -0.320 e. The Labute approximate surface area is 125 Å². The van der Waals surface area contributed by atoms with Gasteiger partial charge in [0.2, 0.25) is 10.0 Å². The molecular formula is C13H18N2O4S2. The summed E-state index contributed by atoms with van der Waals surface area (Å²) >= 11 is 0. The Kier molecular flexibility index (Phi) is 5.92. The van der Waals surface area contributed by atoms with Crippen molar-refractivity contribution in [3.8, 4) is 11.8 Å². The Balaban J connectivity index is 3.01. The number of nitrogens with two attached hydrogens (primary N) is 1. The lowest BCUT2D eigenvalue weighted by Gasteiger charge is -2.17. The van der Waals surface area contributed by atoms with Crippen LogP contribution in [-0.2, 0) is 26.4 Å². The third-order valence-electron chi connectivity index (χ3n) is 2.57. The van der Waals surface area contributed by atoms with Gasteiger partial charge in [-0.05, 0) is 11.6 Å². The Morgan fingerprint density at radius 1 is 1.19 bits per heavy atom. The fraction of sp³-hybridized carbons (Fsp3) is 0.385. The van der Waals surface area contributed by atoms with E-state index in [1.807, 2.05) is 0 Å². The van der Waals surface area contributed by atoms with Gasteiger partial charge in [-0.1, -0.05) is 30.0 Å². The van der Waals surface area contributed by atoms with E-state index >= 15 is 0 Å². The number of hydrogen-bond donors (Lipinski definition) is 1. The molecule has 6 nitrogen and oxygen atoms in total. The second-order valence-corrected chi connectivity index (χ2v) is 9.16. The Morgan fingerprint density at radius 2 is 1.81 bits per heavy atom. The van der Waals surface area contributed by atoms with Crippen LogP contribution in [0, 0.1) is 11.8 Å². The van der Waals surface area contributed by atoms with Crippen molar-refractivity contribution < 1.29 is 16.8 Å². The quantitative estimate of drug-likeness (QED) is 0.752. The Morgan fingerprint density at radius 3 is 2.38 bits per heavy atom. The molecule has 0 unspecified atom stereocenters. The van der Waals surface area contributed by atoms with Crippen LogP contribution in [0.5, 0.6) is 0 Å². The number of sulfonamides is 1. The van der Waals surface area contributed by atoms with E-state index in [0.29, 0.717) is 11.1 Å². The average molecular weight is 330 g/mol. The van der Waals surface area contributed by atoms with E-state index in [9.17, 15) is 16.8 Å². The number of rotatable bonds is 5. The summed E-state index contributed by atoms with van der Waals surface area (Å²) in [4.78, 5) is 0. The van der Waals surface area contributed by atoms with Gasteiger partial charge in [-0.25, -0.2) is 16.8 Å². The third kappa shape index (κ3) is 5.85. The molecule has 1 aromatic rings. The van der Waals surface area contributed by atoms with Crippen molar-refractivity contribution in [3.05, 3.63) is 35.4 Å². The summed E-state index contributed by atoms with van der Waals surface area (Å²) in [7, 11) is -6.16. The van der Waals surface area contributed by atoms with E-state index in [1.165, 1.54) is 7.05 Å². The maximum Gasteiger partial charge on any atom is 0.228 e. The fourth-order valence-electron chi connectivity index (χ4n) is 1.63. The van der Waals surface area contributed by atoms with Crippen molar-refractivity contribution in [2.75, 3.05) is 24.9 Å². The lowest BCUT2D eigenvalue weighted by atomic mass is 10.1. The van der Waals surface area contributed by atoms with E-state index in [-0.39, 0.29) is 13.1 Å². The van der Waals surface area contributed by atoms with Gasteiger partial charge in [-0.15, -0.1) is 0 Å². The molecule has 0 atom stereocenters. The zero-order valence-corrected chi connectivity index (χ0v) is 13.5. The smallest absolute Gasteiger partial charge is 0.228 e. The number of nitrogens with zero attached hydrogens (tertiary/aromatic N) is 1. The van der Waals surface area contributed by atoms with Crippen LogP contribution < -0.4 is 5.73 Å². The van der Waals surface area contributed by atoms with Gasteiger partial charge in [-0.3, -0.25) is 0 Å². The second-order valence-electron chi connectivity index (χ2n) is 4.57. The minimum atomic E-state index is -3.88. The summed E-state index contributed by atoms with van der Waals surface area (Å²) in [5, 5.41) is -0.910. The topological polar surface area (TPSA) is 97.5 Å². The molecule has 1 aromatic carbocycles. The van der Waals surface area contributed by atoms with E-state index in [0.717, 1.165) is 10.6 Å². The summed E-state index contributed by atoms with van der Waals surface area (Å²) in [6.45, 7) is 0.254. The Bertz CT molecular complexity index is 759.